The molecule has 0 fully saturated rings. The molecule has 0 radical (unpaired) electrons. The van der Waals surface area contributed by atoms with E-state index in [-0.39, 0.29) is 29.4 Å². The lowest BCUT2D eigenvalue weighted by Crippen LogP contribution is -2.29. The lowest BCUT2D eigenvalue weighted by Gasteiger charge is -2.11. The van der Waals surface area contributed by atoms with Crippen LogP contribution in [0.5, 0.6) is 5.75 Å². The Morgan fingerprint density at radius 2 is 1.93 bits per heavy atom. The summed E-state index contributed by atoms with van der Waals surface area (Å²) in [6, 6.07) is 16.0. The van der Waals surface area contributed by atoms with Gasteiger partial charge in [-0.25, -0.2) is 0 Å². The quantitative estimate of drug-likeness (QED) is 0.485. The molecule has 0 saturated heterocycles. The van der Waals surface area contributed by atoms with Crippen LogP contribution in [0.1, 0.15) is 11.1 Å². The molecule has 2 heterocycles. The van der Waals surface area contributed by atoms with E-state index in [1.54, 1.807) is 18.2 Å². The maximum Gasteiger partial charge on any atom is 0.258 e. The number of ether oxygens (including phenoxy) is 1. The molecule has 0 aliphatic carbocycles. The van der Waals surface area contributed by atoms with Crippen LogP contribution in [0.25, 0.3) is 22.5 Å². The first-order valence-electron chi connectivity index (χ1n) is 9.27. The molecule has 0 atom stereocenters. The Morgan fingerprint density at radius 3 is 2.67 bits per heavy atom. The molecular formula is C23H18ClNO5. The summed E-state index contributed by atoms with van der Waals surface area (Å²) in [5, 5.41) is 3.46. The molecule has 30 heavy (non-hydrogen) atoms. The zero-order chi connectivity index (χ0) is 21.1. The summed E-state index contributed by atoms with van der Waals surface area (Å²) < 4.78 is 16.9. The molecule has 0 aliphatic heterocycles. The largest absolute Gasteiger partial charge is 0.476 e. The van der Waals surface area contributed by atoms with Gasteiger partial charge in [-0.2, -0.15) is 0 Å². The van der Waals surface area contributed by atoms with Gasteiger partial charge in [0.25, 0.3) is 5.91 Å². The Kier molecular flexibility index (Phi) is 5.59. The molecule has 2 aromatic carbocycles. The third kappa shape index (κ3) is 4.09. The second-order valence-corrected chi connectivity index (χ2v) is 7.12. The molecule has 0 bridgehead atoms. The number of aryl methyl sites for hydroxylation is 1. The Bertz CT molecular complexity index is 1250. The van der Waals surface area contributed by atoms with Gasteiger partial charge in [-0.15, -0.1) is 0 Å². The first kappa shape index (κ1) is 19.8. The lowest BCUT2D eigenvalue weighted by atomic mass is 10.1. The topological polar surface area (TPSA) is 81.7 Å². The highest BCUT2D eigenvalue weighted by Gasteiger charge is 2.21. The average molecular weight is 424 g/mol. The molecule has 0 saturated carbocycles. The molecule has 0 unspecified atom stereocenters. The maximum atomic E-state index is 13.1. The minimum Gasteiger partial charge on any atom is -0.476 e. The number of carbonyl (C=O) groups is 1. The van der Waals surface area contributed by atoms with Crippen LogP contribution in [0.4, 0.5) is 0 Å². The normalized spacial score (nSPS) is 10.9. The second-order valence-electron chi connectivity index (χ2n) is 6.72. The van der Waals surface area contributed by atoms with Crippen molar-refractivity contribution in [3.8, 4) is 17.3 Å². The highest BCUT2D eigenvalue weighted by molar-refractivity contribution is 6.32. The Balaban J connectivity index is 1.62. The van der Waals surface area contributed by atoms with Crippen LogP contribution in [-0.2, 0) is 11.3 Å². The minimum atomic E-state index is -0.430. The summed E-state index contributed by atoms with van der Waals surface area (Å²) in [6.45, 7) is 1.82. The van der Waals surface area contributed by atoms with Gasteiger partial charge in [0, 0.05) is 11.6 Å². The molecule has 7 heteroatoms. The highest BCUT2D eigenvalue weighted by atomic mass is 35.5. The van der Waals surface area contributed by atoms with Gasteiger partial charge >= 0.3 is 0 Å². The van der Waals surface area contributed by atoms with Crippen molar-refractivity contribution in [2.45, 2.75) is 13.5 Å². The van der Waals surface area contributed by atoms with Gasteiger partial charge in [-0.3, -0.25) is 9.59 Å². The fraction of sp³-hybridized carbons (Fsp3) is 0.130. The number of amides is 1. The van der Waals surface area contributed by atoms with E-state index >= 15 is 0 Å². The summed E-state index contributed by atoms with van der Waals surface area (Å²) in [5.74, 6) is -0.0331. The van der Waals surface area contributed by atoms with Crippen molar-refractivity contribution < 1.29 is 18.4 Å². The molecule has 4 aromatic rings. The molecule has 6 nitrogen and oxygen atoms in total. The number of furan rings is 1. The SMILES string of the molecule is Cc1cc2oc(-c3ccco3)c(OCC(=O)NCc3ccccc3)c(=O)c2cc1Cl. The first-order chi connectivity index (χ1) is 14.5. The van der Waals surface area contributed by atoms with Crippen LogP contribution in [0.2, 0.25) is 5.02 Å². The van der Waals surface area contributed by atoms with Gasteiger partial charge < -0.3 is 18.9 Å². The Labute approximate surface area is 177 Å². The van der Waals surface area contributed by atoms with Gasteiger partial charge in [0.1, 0.15) is 5.58 Å². The average Bonchev–Trinajstić information content (AvgIpc) is 3.28. The summed E-state index contributed by atoms with van der Waals surface area (Å²) in [7, 11) is 0. The van der Waals surface area contributed by atoms with Gasteiger partial charge in [0.15, 0.2) is 12.4 Å². The summed E-state index contributed by atoms with van der Waals surface area (Å²) in [4.78, 5) is 25.3. The van der Waals surface area contributed by atoms with Gasteiger partial charge in [-0.1, -0.05) is 41.9 Å². The maximum absolute atomic E-state index is 13.1. The third-order valence-electron chi connectivity index (χ3n) is 4.56. The van der Waals surface area contributed by atoms with E-state index in [2.05, 4.69) is 5.32 Å². The minimum absolute atomic E-state index is 0.104. The van der Waals surface area contributed by atoms with Gasteiger partial charge in [-0.05, 0) is 42.3 Å². The van der Waals surface area contributed by atoms with E-state index in [0.29, 0.717) is 22.9 Å². The van der Waals surface area contributed by atoms with E-state index in [4.69, 9.17) is 25.2 Å². The molecule has 0 spiro atoms. The predicted octanol–water partition coefficient (Wildman–Crippen LogP) is 4.71. The number of nitrogens with one attached hydrogen (secondary N) is 1. The number of benzene rings is 2. The number of hydrogen-bond acceptors (Lipinski definition) is 5. The van der Waals surface area contributed by atoms with Crippen LogP contribution in [0.15, 0.2) is 74.5 Å². The van der Waals surface area contributed by atoms with Crippen LogP contribution in [0.3, 0.4) is 0 Å². The summed E-state index contributed by atoms with van der Waals surface area (Å²) in [5.41, 5.74) is 1.65. The zero-order valence-corrected chi connectivity index (χ0v) is 16.9. The first-order valence-corrected chi connectivity index (χ1v) is 9.65. The molecule has 152 valence electrons. The Morgan fingerprint density at radius 1 is 1.13 bits per heavy atom. The van der Waals surface area contributed by atoms with Crippen molar-refractivity contribution in [3.63, 3.8) is 0 Å². The Hall–Kier alpha value is -3.51. The van der Waals surface area contributed by atoms with E-state index in [1.807, 2.05) is 37.3 Å². The second kappa shape index (κ2) is 8.47. The van der Waals surface area contributed by atoms with E-state index in [1.165, 1.54) is 12.3 Å². The van der Waals surface area contributed by atoms with Crippen molar-refractivity contribution >= 4 is 28.5 Å². The highest BCUT2D eigenvalue weighted by Crippen LogP contribution is 2.32. The lowest BCUT2D eigenvalue weighted by molar-refractivity contribution is -0.123. The molecule has 0 aliphatic rings. The number of fused-ring (bicyclic) bond motifs is 1. The fourth-order valence-corrected chi connectivity index (χ4v) is 3.15. The van der Waals surface area contributed by atoms with E-state index < -0.39 is 5.43 Å². The van der Waals surface area contributed by atoms with Gasteiger partial charge in [0.2, 0.25) is 16.9 Å². The van der Waals surface area contributed by atoms with Crippen molar-refractivity contribution in [1.29, 1.82) is 0 Å². The third-order valence-corrected chi connectivity index (χ3v) is 4.96. The molecule has 1 N–H and O–H groups in total. The summed E-state index contributed by atoms with van der Waals surface area (Å²) in [6.07, 6.45) is 1.46. The smallest absolute Gasteiger partial charge is 0.258 e. The van der Waals surface area contributed by atoms with Crippen molar-refractivity contribution in [1.82, 2.24) is 5.32 Å². The van der Waals surface area contributed by atoms with E-state index in [0.717, 1.165) is 11.1 Å². The molecule has 2 aromatic heterocycles. The monoisotopic (exact) mass is 423 g/mol. The van der Waals surface area contributed by atoms with Crippen molar-refractivity contribution in [2.24, 2.45) is 0 Å². The number of halogens is 1. The van der Waals surface area contributed by atoms with Crippen LogP contribution < -0.4 is 15.5 Å². The van der Waals surface area contributed by atoms with Gasteiger partial charge in [0.05, 0.1) is 11.6 Å². The van der Waals surface area contributed by atoms with Crippen LogP contribution in [0, 0.1) is 6.92 Å². The zero-order valence-electron chi connectivity index (χ0n) is 16.1. The number of carbonyl (C=O) groups excluding carboxylic acids is 1. The van der Waals surface area contributed by atoms with Crippen molar-refractivity contribution in [3.05, 3.63) is 87.2 Å². The standard InChI is InChI=1S/C23H18ClNO5/c1-14-10-19-16(11-17(14)24)21(27)23(22(30-19)18-8-5-9-28-18)29-13-20(26)25-12-15-6-3-2-4-7-15/h2-11H,12-13H2,1H3,(H,25,26). The van der Waals surface area contributed by atoms with Crippen molar-refractivity contribution in [2.75, 3.05) is 6.61 Å². The van der Waals surface area contributed by atoms with Crippen LogP contribution in [-0.4, -0.2) is 12.5 Å². The molecular weight excluding hydrogens is 406 g/mol. The molecule has 1 amide bonds. The molecule has 4 rings (SSSR count). The predicted molar refractivity (Wildman–Crippen MR) is 114 cm³/mol. The summed E-state index contributed by atoms with van der Waals surface area (Å²) >= 11 is 6.17. The number of hydrogen-bond donors (Lipinski definition) is 1. The van der Waals surface area contributed by atoms with E-state index in [9.17, 15) is 9.59 Å². The van der Waals surface area contributed by atoms with Crippen LogP contribution >= 0.6 is 11.6 Å². The number of rotatable bonds is 6. The fourth-order valence-electron chi connectivity index (χ4n) is 2.98.